The molecule has 7 heteroatoms. The number of sulfonamides is 1. The molecule has 118 valence electrons. The Balaban J connectivity index is 1.81. The van der Waals surface area contributed by atoms with Crippen LogP contribution in [-0.2, 0) is 21.2 Å². The van der Waals surface area contributed by atoms with E-state index in [-0.39, 0.29) is 11.9 Å². The second kappa shape index (κ2) is 7.84. The fourth-order valence-corrected chi connectivity index (χ4v) is 3.91. The monoisotopic (exact) mass is 313 g/mol. The number of piperidine rings is 1. The third-order valence-electron chi connectivity index (χ3n) is 3.61. The molecule has 6 nitrogen and oxygen atoms in total. The molecule has 1 aromatic heterocycles. The van der Waals surface area contributed by atoms with Crippen LogP contribution in [0.2, 0.25) is 0 Å². The highest BCUT2D eigenvalue weighted by Crippen LogP contribution is 2.17. The first-order valence-corrected chi connectivity index (χ1v) is 8.92. The average Bonchev–Trinajstić information content (AvgIpc) is 2.52. The van der Waals surface area contributed by atoms with Gasteiger partial charge in [0, 0.05) is 37.9 Å². The Hall–Kier alpha value is -1.02. The van der Waals surface area contributed by atoms with Crippen molar-refractivity contribution in [2.45, 2.75) is 25.4 Å². The molecule has 1 aliphatic heterocycles. The molecular weight excluding hydrogens is 290 g/mol. The molecule has 1 aliphatic rings. The first-order chi connectivity index (χ1) is 10.1. The molecular formula is C14H23N3O3S. The number of pyridine rings is 1. The number of ether oxygens (including phenoxy) is 1. The number of nitrogens with two attached hydrogens (primary N) is 1. The van der Waals surface area contributed by atoms with Crippen LogP contribution in [-0.4, -0.2) is 55.8 Å². The summed E-state index contributed by atoms with van der Waals surface area (Å²) in [4.78, 5) is 4.16. The molecule has 0 bridgehead atoms. The Kier molecular flexibility index (Phi) is 6.10. The quantitative estimate of drug-likeness (QED) is 0.787. The molecule has 1 aromatic rings. The predicted molar refractivity (Wildman–Crippen MR) is 81.3 cm³/mol. The van der Waals surface area contributed by atoms with Crippen molar-refractivity contribution < 1.29 is 13.2 Å². The Bertz CT molecular complexity index is 514. The van der Waals surface area contributed by atoms with E-state index in [1.807, 2.05) is 18.2 Å². The third-order valence-corrected chi connectivity index (χ3v) is 5.48. The second-order valence-corrected chi connectivity index (χ2v) is 7.23. The molecule has 0 aromatic carbocycles. The number of rotatable bonds is 7. The summed E-state index contributed by atoms with van der Waals surface area (Å²) in [6.07, 6.45) is 3.75. The maximum atomic E-state index is 12.3. The van der Waals surface area contributed by atoms with Crippen LogP contribution in [0.25, 0.3) is 0 Å². The molecule has 21 heavy (non-hydrogen) atoms. The smallest absolute Gasteiger partial charge is 0.214 e. The lowest BCUT2D eigenvalue weighted by Crippen LogP contribution is -2.42. The Morgan fingerprint density at radius 3 is 2.71 bits per heavy atom. The minimum absolute atomic E-state index is 0.109. The van der Waals surface area contributed by atoms with Crippen molar-refractivity contribution in [2.24, 2.45) is 5.73 Å². The highest BCUT2D eigenvalue weighted by molar-refractivity contribution is 7.89. The van der Waals surface area contributed by atoms with Crippen LogP contribution in [0.4, 0.5) is 0 Å². The maximum Gasteiger partial charge on any atom is 0.214 e. The van der Waals surface area contributed by atoms with Crippen LogP contribution in [0.5, 0.6) is 0 Å². The predicted octanol–water partition coefficient (Wildman–Crippen LogP) is 0.394. The summed E-state index contributed by atoms with van der Waals surface area (Å²) in [7, 11) is -3.21. The first-order valence-electron chi connectivity index (χ1n) is 7.31. The van der Waals surface area contributed by atoms with Gasteiger partial charge in [0.1, 0.15) is 0 Å². The summed E-state index contributed by atoms with van der Waals surface area (Å²) < 4.78 is 31.8. The molecule has 0 aliphatic carbocycles. The summed E-state index contributed by atoms with van der Waals surface area (Å²) in [5.74, 6) is 0.109. The van der Waals surface area contributed by atoms with Gasteiger partial charge in [-0.25, -0.2) is 12.7 Å². The average molecular weight is 313 g/mol. The van der Waals surface area contributed by atoms with E-state index in [0.29, 0.717) is 32.7 Å². The Morgan fingerprint density at radius 1 is 1.33 bits per heavy atom. The maximum absolute atomic E-state index is 12.3. The van der Waals surface area contributed by atoms with Crippen LogP contribution in [0.3, 0.4) is 0 Å². The van der Waals surface area contributed by atoms with Crippen molar-refractivity contribution in [2.75, 3.05) is 32.0 Å². The van der Waals surface area contributed by atoms with E-state index < -0.39 is 10.0 Å². The van der Waals surface area contributed by atoms with Crippen molar-refractivity contribution in [1.29, 1.82) is 0 Å². The molecule has 0 atom stereocenters. The lowest BCUT2D eigenvalue weighted by Gasteiger charge is -2.31. The Morgan fingerprint density at radius 2 is 2.10 bits per heavy atom. The van der Waals surface area contributed by atoms with Crippen LogP contribution < -0.4 is 5.73 Å². The number of nitrogens with zero attached hydrogens (tertiary/aromatic N) is 2. The van der Waals surface area contributed by atoms with Crippen LogP contribution in [0.15, 0.2) is 24.4 Å². The van der Waals surface area contributed by atoms with E-state index in [0.717, 1.165) is 18.5 Å². The van der Waals surface area contributed by atoms with E-state index in [4.69, 9.17) is 10.5 Å². The van der Waals surface area contributed by atoms with Gasteiger partial charge in [0.15, 0.2) is 0 Å². The molecule has 2 heterocycles. The lowest BCUT2D eigenvalue weighted by molar-refractivity contribution is 0.0257. The number of aryl methyl sites for hydroxylation is 1. The minimum Gasteiger partial charge on any atom is -0.377 e. The molecule has 0 spiro atoms. The van der Waals surface area contributed by atoms with E-state index in [9.17, 15) is 8.42 Å². The van der Waals surface area contributed by atoms with Crippen LogP contribution in [0, 0.1) is 0 Å². The number of hydrogen-bond donors (Lipinski definition) is 1. The van der Waals surface area contributed by atoms with Gasteiger partial charge in [-0.15, -0.1) is 0 Å². The summed E-state index contributed by atoms with van der Waals surface area (Å²) in [6, 6.07) is 5.54. The van der Waals surface area contributed by atoms with Gasteiger partial charge in [-0.3, -0.25) is 4.98 Å². The van der Waals surface area contributed by atoms with Gasteiger partial charge in [0.2, 0.25) is 10.0 Å². The number of hydrogen-bond acceptors (Lipinski definition) is 5. The third kappa shape index (κ3) is 5.03. The van der Waals surface area contributed by atoms with E-state index in [1.165, 1.54) is 0 Å². The molecule has 1 fully saturated rings. The fourth-order valence-electron chi connectivity index (χ4n) is 2.42. The Labute approximate surface area is 126 Å². The molecule has 2 rings (SSSR count). The highest BCUT2D eigenvalue weighted by atomic mass is 32.2. The zero-order valence-electron chi connectivity index (χ0n) is 12.1. The summed E-state index contributed by atoms with van der Waals surface area (Å²) in [5.41, 5.74) is 6.21. The molecule has 1 saturated heterocycles. The standard InChI is InChI=1S/C14H23N3O3S/c15-7-11-20-14-4-9-17(10-5-14)21(18,19)12-6-13-3-1-2-8-16-13/h1-3,8,14H,4-7,9-12,15H2. The SMILES string of the molecule is NCCOC1CCN(S(=O)(=O)CCc2ccccn2)CC1. The van der Waals surface area contributed by atoms with E-state index >= 15 is 0 Å². The van der Waals surface area contributed by atoms with Crippen molar-refractivity contribution in [3.05, 3.63) is 30.1 Å². The van der Waals surface area contributed by atoms with Gasteiger partial charge < -0.3 is 10.5 Å². The van der Waals surface area contributed by atoms with Gasteiger partial charge in [-0.2, -0.15) is 0 Å². The van der Waals surface area contributed by atoms with Gasteiger partial charge in [-0.05, 0) is 25.0 Å². The van der Waals surface area contributed by atoms with Crippen molar-refractivity contribution >= 4 is 10.0 Å². The largest absolute Gasteiger partial charge is 0.377 e. The summed E-state index contributed by atoms with van der Waals surface area (Å²) >= 11 is 0. The zero-order valence-corrected chi connectivity index (χ0v) is 13.0. The van der Waals surface area contributed by atoms with E-state index in [2.05, 4.69) is 4.98 Å². The molecule has 0 amide bonds. The van der Waals surface area contributed by atoms with Crippen LogP contribution in [0.1, 0.15) is 18.5 Å². The topological polar surface area (TPSA) is 85.5 Å². The van der Waals surface area contributed by atoms with Gasteiger partial charge in [0.05, 0.1) is 18.5 Å². The van der Waals surface area contributed by atoms with Gasteiger partial charge in [-0.1, -0.05) is 6.07 Å². The fraction of sp³-hybridized carbons (Fsp3) is 0.643. The normalized spacial score (nSPS) is 18.0. The highest BCUT2D eigenvalue weighted by Gasteiger charge is 2.28. The van der Waals surface area contributed by atoms with Gasteiger partial charge >= 0.3 is 0 Å². The summed E-state index contributed by atoms with van der Waals surface area (Å²) in [5, 5.41) is 0. The van der Waals surface area contributed by atoms with Crippen molar-refractivity contribution in [1.82, 2.24) is 9.29 Å². The second-order valence-electron chi connectivity index (χ2n) is 5.14. The number of aromatic nitrogens is 1. The van der Waals surface area contributed by atoms with Crippen LogP contribution >= 0.6 is 0 Å². The van der Waals surface area contributed by atoms with Gasteiger partial charge in [0.25, 0.3) is 0 Å². The van der Waals surface area contributed by atoms with Crippen molar-refractivity contribution in [3.8, 4) is 0 Å². The lowest BCUT2D eigenvalue weighted by atomic mass is 10.1. The molecule has 0 saturated carbocycles. The molecule has 0 radical (unpaired) electrons. The summed E-state index contributed by atoms with van der Waals surface area (Å²) in [6.45, 7) is 2.10. The van der Waals surface area contributed by atoms with E-state index in [1.54, 1.807) is 10.5 Å². The molecule has 2 N–H and O–H groups in total. The minimum atomic E-state index is -3.21. The zero-order chi connectivity index (χ0) is 15.1. The van der Waals surface area contributed by atoms with Crippen molar-refractivity contribution in [3.63, 3.8) is 0 Å². The molecule has 0 unspecified atom stereocenters. The first kappa shape index (κ1) is 16.4.